The predicted octanol–water partition coefficient (Wildman–Crippen LogP) is 5.96. The molecule has 0 bridgehead atoms. The standard InChI is InChI=1S/C29H21BrClIN2O4S/c1-3-38-28(36)23-24(16-7-5-4-6-8-16)33-29-34(25(23)17-9-11-20(31)12-10-17)27(35)22(39-29)14-18-13-19(30)15-21(32)26(18)37-2/h4-15,25H,3H2,1-2H3/b22-14-/t25-/m0/s1. The molecule has 39 heavy (non-hydrogen) atoms. The van der Waals surface area contributed by atoms with Gasteiger partial charge in [-0.3, -0.25) is 9.36 Å². The first-order valence-corrected chi connectivity index (χ1v) is 15.0. The summed E-state index contributed by atoms with van der Waals surface area (Å²) in [5.41, 5.74) is 2.70. The van der Waals surface area contributed by atoms with Crippen LogP contribution >= 0.6 is 61.5 Å². The largest absolute Gasteiger partial charge is 0.495 e. The quantitative estimate of drug-likeness (QED) is 0.181. The Kier molecular flexibility index (Phi) is 8.41. The maximum Gasteiger partial charge on any atom is 0.338 e. The van der Waals surface area contributed by atoms with Crippen molar-refractivity contribution >= 4 is 79.2 Å². The number of carbonyl (C=O) groups is 1. The minimum absolute atomic E-state index is 0.184. The molecule has 0 fully saturated rings. The lowest BCUT2D eigenvalue weighted by Crippen LogP contribution is -2.40. The van der Waals surface area contributed by atoms with Gasteiger partial charge in [0.25, 0.3) is 5.56 Å². The smallest absolute Gasteiger partial charge is 0.338 e. The molecule has 0 saturated carbocycles. The highest BCUT2D eigenvalue weighted by Gasteiger charge is 2.35. The van der Waals surface area contributed by atoms with Gasteiger partial charge in [0, 0.05) is 20.6 Å². The fraction of sp³-hybridized carbons (Fsp3) is 0.138. The van der Waals surface area contributed by atoms with Gasteiger partial charge in [0.15, 0.2) is 4.80 Å². The molecule has 0 amide bonds. The van der Waals surface area contributed by atoms with Gasteiger partial charge in [-0.1, -0.05) is 81.3 Å². The Hall–Kier alpha value is -2.73. The van der Waals surface area contributed by atoms with Crippen molar-refractivity contribution in [3.05, 3.63) is 122 Å². The third kappa shape index (κ3) is 5.50. The Morgan fingerprint density at radius 2 is 1.90 bits per heavy atom. The van der Waals surface area contributed by atoms with Crippen molar-refractivity contribution in [2.75, 3.05) is 13.7 Å². The molecule has 0 spiro atoms. The average Bonchev–Trinajstić information content (AvgIpc) is 3.23. The van der Waals surface area contributed by atoms with Crippen LogP contribution in [0.4, 0.5) is 0 Å². The number of methoxy groups -OCH3 is 1. The number of aromatic nitrogens is 1. The van der Waals surface area contributed by atoms with Crippen molar-refractivity contribution in [1.82, 2.24) is 4.57 Å². The molecule has 1 aromatic heterocycles. The van der Waals surface area contributed by atoms with Crippen LogP contribution in [-0.4, -0.2) is 24.3 Å². The minimum Gasteiger partial charge on any atom is -0.495 e. The summed E-state index contributed by atoms with van der Waals surface area (Å²) in [6.07, 6.45) is 1.80. The fourth-order valence-corrected chi connectivity index (χ4v) is 7.33. The number of hydrogen-bond acceptors (Lipinski definition) is 6. The van der Waals surface area contributed by atoms with Crippen molar-refractivity contribution in [3.8, 4) is 5.75 Å². The van der Waals surface area contributed by atoms with Gasteiger partial charge in [0.1, 0.15) is 5.75 Å². The van der Waals surface area contributed by atoms with Crippen molar-refractivity contribution in [3.63, 3.8) is 0 Å². The van der Waals surface area contributed by atoms with E-state index in [1.54, 1.807) is 36.8 Å². The van der Waals surface area contributed by atoms with E-state index in [1.807, 2.05) is 54.6 Å². The van der Waals surface area contributed by atoms with E-state index in [0.29, 0.717) is 36.9 Å². The molecule has 0 radical (unpaired) electrons. The molecule has 1 aliphatic heterocycles. The first-order valence-electron chi connectivity index (χ1n) is 11.9. The number of carbonyl (C=O) groups excluding carboxylic acids is 1. The molecule has 0 N–H and O–H groups in total. The van der Waals surface area contributed by atoms with Gasteiger partial charge in [-0.15, -0.1) is 0 Å². The van der Waals surface area contributed by atoms with E-state index in [9.17, 15) is 9.59 Å². The van der Waals surface area contributed by atoms with Gasteiger partial charge in [-0.25, -0.2) is 9.79 Å². The number of rotatable bonds is 6. The van der Waals surface area contributed by atoms with Crippen LogP contribution in [0.5, 0.6) is 5.75 Å². The van der Waals surface area contributed by atoms with Crippen LogP contribution in [0.2, 0.25) is 5.02 Å². The third-order valence-corrected chi connectivity index (χ3v) is 8.58. The predicted molar refractivity (Wildman–Crippen MR) is 166 cm³/mol. The van der Waals surface area contributed by atoms with Gasteiger partial charge >= 0.3 is 5.97 Å². The third-order valence-electron chi connectivity index (χ3n) is 6.09. The van der Waals surface area contributed by atoms with Crippen LogP contribution in [0.1, 0.15) is 29.7 Å². The topological polar surface area (TPSA) is 69.9 Å². The van der Waals surface area contributed by atoms with Crippen molar-refractivity contribution in [2.45, 2.75) is 13.0 Å². The summed E-state index contributed by atoms with van der Waals surface area (Å²) >= 11 is 13.2. The summed E-state index contributed by atoms with van der Waals surface area (Å²) in [5, 5.41) is 0.549. The van der Waals surface area contributed by atoms with Crippen LogP contribution in [0.15, 0.2) is 86.6 Å². The molecule has 10 heteroatoms. The molecular weight excluding hydrogens is 715 g/mol. The van der Waals surface area contributed by atoms with Gasteiger partial charge in [-0.2, -0.15) is 0 Å². The highest BCUT2D eigenvalue weighted by Crippen LogP contribution is 2.36. The maximum atomic E-state index is 14.0. The van der Waals surface area contributed by atoms with Gasteiger partial charge < -0.3 is 9.47 Å². The summed E-state index contributed by atoms with van der Waals surface area (Å²) in [7, 11) is 1.60. The lowest BCUT2D eigenvalue weighted by Gasteiger charge is -2.25. The van der Waals surface area contributed by atoms with Gasteiger partial charge in [-0.05, 0) is 65.4 Å². The molecule has 3 aromatic carbocycles. The molecule has 1 aliphatic rings. The Morgan fingerprint density at radius 1 is 1.18 bits per heavy atom. The number of halogens is 3. The molecule has 6 nitrogen and oxygen atoms in total. The number of fused-ring (bicyclic) bond motifs is 1. The number of esters is 1. The molecule has 0 saturated heterocycles. The normalized spacial score (nSPS) is 15.1. The molecule has 1 atom stereocenters. The SMILES string of the molecule is CCOC(=O)C1=C(c2ccccc2)N=c2s/c(=C\c3cc(Br)cc(I)c3OC)c(=O)n2[C@H]1c1ccc(Cl)cc1. The van der Waals surface area contributed by atoms with E-state index < -0.39 is 12.0 Å². The van der Waals surface area contributed by atoms with E-state index in [0.717, 1.165) is 19.2 Å². The van der Waals surface area contributed by atoms with E-state index in [-0.39, 0.29) is 12.2 Å². The van der Waals surface area contributed by atoms with E-state index in [4.69, 9.17) is 26.1 Å². The number of thiazole rings is 1. The van der Waals surface area contributed by atoms with Crippen LogP contribution in [0.3, 0.4) is 0 Å². The first-order chi connectivity index (χ1) is 18.8. The van der Waals surface area contributed by atoms with E-state index >= 15 is 0 Å². The van der Waals surface area contributed by atoms with Gasteiger partial charge in [0.05, 0.1) is 39.1 Å². The monoisotopic (exact) mass is 734 g/mol. The minimum atomic E-state index is -0.764. The number of hydrogen-bond donors (Lipinski definition) is 0. The highest BCUT2D eigenvalue weighted by atomic mass is 127. The Bertz CT molecular complexity index is 1780. The zero-order valence-electron chi connectivity index (χ0n) is 20.8. The zero-order valence-corrected chi connectivity index (χ0v) is 26.1. The first kappa shape index (κ1) is 27.8. The van der Waals surface area contributed by atoms with Crippen LogP contribution in [0.25, 0.3) is 11.8 Å². The van der Waals surface area contributed by atoms with Crippen LogP contribution < -0.4 is 19.6 Å². The lowest BCUT2D eigenvalue weighted by atomic mass is 9.93. The number of benzene rings is 3. The van der Waals surface area contributed by atoms with Crippen molar-refractivity contribution in [2.24, 2.45) is 4.99 Å². The molecule has 0 aliphatic carbocycles. The average molecular weight is 736 g/mol. The summed E-state index contributed by atoms with van der Waals surface area (Å²) in [5.74, 6) is 0.133. The maximum absolute atomic E-state index is 14.0. The molecule has 5 rings (SSSR count). The number of ether oxygens (including phenoxy) is 2. The van der Waals surface area contributed by atoms with Gasteiger partial charge in [0.2, 0.25) is 0 Å². The highest BCUT2D eigenvalue weighted by molar-refractivity contribution is 14.1. The Labute approximate surface area is 255 Å². The van der Waals surface area contributed by atoms with Crippen LogP contribution in [-0.2, 0) is 9.53 Å². The second-order valence-corrected chi connectivity index (χ2v) is 12.0. The van der Waals surface area contributed by atoms with E-state index in [2.05, 4.69) is 38.5 Å². The fourth-order valence-electron chi connectivity index (χ4n) is 4.44. The van der Waals surface area contributed by atoms with Crippen molar-refractivity contribution < 1.29 is 14.3 Å². The summed E-state index contributed by atoms with van der Waals surface area (Å²) in [6, 6.07) is 19.6. The molecule has 198 valence electrons. The molecule has 2 heterocycles. The molecule has 4 aromatic rings. The molecule has 0 unspecified atom stereocenters. The zero-order chi connectivity index (χ0) is 27.7. The van der Waals surface area contributed by atoms with Crippen molar-refractivity contribution in [1.29, 1.82) is 0 Å². The lowest BCUT2D eigenvalue weighted by molar-refractivity contribution is -0.138. The second-order valence-electron chi connectivity index (χ2n) is 8.49. The Balaban J connectivity index is 1.84. The Morgan fingerprint density at radius 3 is 2.56 bits per heavy atom. The summed E-state index contributed by atoms with van der Waals surface area (Å²) in [4.78, 5) is 32.9. The van der Waals surface area contributed by atoms with E-state index in [1.165, 1.54) is 11.3 Å². The second kappa shape index (κ2) is 11.8. The molecular formula is C29H21BrClIN2O4S. The summed E-state index contributed by atoms with van der Waals surface area (Å²) < 4.78 is 14.9. The summed E-state index contributed by atoms with van der Waals surface area (Å²) in [6.45, 7) is 1.93. The number of nitrogens with zero attached hydrogens (tertiary/aromatic N) is 2. The van der Waals surface area contributed by atoms with Crippen LogP contribution in [0, 0.1) is 3.57 Å².